The number of carbonyl (C=O) groups is 3. The van der Waals surface area contributed by atoms with Gasteiger partial charge in [0.15, 0.2) is 0 Å². The average molecular weight is 427 g/mol. The first kappa shape index (κ1) is 21.6. The largest absolute Gasteiger partial charge is 0.427 e. The van der Waals surface area contributed by atoms with E-state index < -0.39 is 5.97 Å². The fourth-order valence-electron chi connectivity index (χ4n) is 3.26. The molecular weight excluding hydrogens is 404 g/mol. The molecule has 6 nitrogen and oxygen atoms in total. The summed E-state index contributed by atoms with van der Waals surface area (Å²) in [6.45, 7) is 3.32. The molecule has 1 aliphatic heterocycles. The van der Waals surface area contributed by atoms with E-state index >= 15 is 0 Å². The van der Waals surface area contributed by atoms with Crippen LogP contribution in [0.4, 0.5) is 0 Å². The molecule has 0 saturated carbocycles. The van der Waals surface area contributed by atoms with Crippen molar-refractivity contribution in [3.63, 3.8) is 0 Å². The van der Waals surface area contributed by atoms with Crippen molar-refractivity contribution in [1.29, 1.82) is 0 Å². The lowest BCUT2D eigenvalue weighted by Gasteiger charge is -2.21. The zero-order chi connectivity index (χ0) is 21.5. The van der Waals surface area contributed by atoms with Gasteiger partial charge in [-0.25, -0.2) is 0 Å². The summed E-state index contributed by atoms with van der Waals surface area (Å²) in [6, 6.07) is 13.9. The van der Waals surface area contributed by atoms with Gasteiger partial charge in [0.1, 0.15) is 5.75 Å². The second kappa shape index (κ2) is 10.1. The lowest BCUT2D eigenvalue weighted by molar-refractivity contribution is -0.132. The summed E-state index contributed by atoms with van der Waals surface area (Å²) in [5, 5.41) is 0.588. The summed E-state index contributed by atoms with van der Waals surface area (Å²) >= 11 is 6.12. The topological polar surface area (TPSA) is 66.9 Å². The van der Waals surface area contributed by atoms with Crippen molar-refractivity contribution < 1.29 is 19.1 Å². The SMILES string of the molecule is CC(=O)Oc1cccc(C(=O)N2CCCN(C(=O)/C=C/c3ccccc3Cl)CC2)c1. The molecule has 0 bridgehead atoms. The molecule has 2 amide bonds. The van der Waals surface area contributed by atoms with Crippen LogP contribution in [0.3, 0.4) is 0 Å². The smallest absolute Gasteiger partial charge is 0.308 e. The van der Waals surface area contributed by atoms with Crippen LogP contribution in [0.15, 0.2) is 54.6 Å². The third-order valence-corrected chi connectivity index (χ3v) is 5.09. The molecule has 3 rings (SSSR count). The second-order valence-electron chi connectivity index (χ2n) is 6.95. The lowest BCUT2D eigenvalue weighted by Crippen LogP contribution is -2.36. The highest BCUT2D eigenvalue weighted by Gasteiger charge is 2.22. The number of rotatable bonds is 4. The third-order valence-electron chi connectivity index (χ3n) is 4.75. The van der Waals surface area contributed by atoms with Gasteiger partial charge in [0.2, 0.25) is 5.91 Å². The van der Waals surface area contributed by atoms with Crippen molar-refractivity contribution in [3.8, 4) is 5.75 Å². The van der Waals surface area contributed by atoms with Gasteiger partial charge in [-0.05, 0) is 42.3 Å². The van der Waals surface area contributed by atoms with Gasteiger partial charge in [-0.15, -0.1) is 0 Å². The van der Waals surface area contributed by atoms with Gasteiger partial charge in [-0.3, -0.25) is 14.4 Å². The summed E-state index contributed by atoms with van der Waals surface area (Å²) in [5.74, 6) is -0.357. The predicted molar refractivity (Wildman–Crippen MR) is 115 cm³/mol. The van der Waals surface area contributed by atoms with Crippen LogP contribution in [-0.2, 0) is 9.59 Å². The number of nitrogens with zero attached hydrogens (tertiary/aromatic N) is 2. The Morgan fingerprint density at radius 2 is 1.70 bits per heavy atom. The summed E-state index contributed by atoms with van der Waals surface area (Å²) < 4.78 is 5.06. The standard InChI is InChI=1S/C23H23ClN2O4/c1-17(27)30-20-8-4-7-19(16-20)23(29)26-13-5-12-25(14-15-26)22(28)11-10-18-6-2-3-9-21(18)24/h2-4,6-11,16H,5,12-15H2,1H3/b11-10+. The van der Waals surface area contributed by atoms with Gasteiger partial charge in [0.05, 0.1) is 0 Å². The summed E-state index contributed by atoms with van der Waals surface area (Å²) in [4.78, 5) is 40.0. The van der Waals surface area contributed by atoms with E-state index in [2.05, 4.69) is 0 Å². The molecule has 1 fully saturated rings. The van der Waals surface area contributed by atoms with E-state index in [0.29, 0.717) is 48.9 Å². The Hall–Kier alpha value is -3.12. The number of halogens is 1. The lowest BCUT2D eigenvalue weighted by atomic mass is 10.2. The monoisotopic (exact) mass is 426 g/mol. The van der Waals surface area contributed by atoms with E-state index in [1.807, 2.05) is 18.2 Å². The van der Waals surface area contributed by atoms with Crippen molar-refractivity contribution in [2.24, 2.45) is 0 Å². The molecule has 7 heteroatoms. The molecule has 0 radical (unpaired) electrons. The first-order valence-electron chi connectivity index (χ1n) is 9.73. The van der Waals surface area contributed by atoms with Crippen LogP contribution in [0, 0.1) is 0 Å². The maximum absolute atomic E-state index is 12.9. The van der Waals surface area contributed by atoms with Crippen LogP contribution in [0.25, 0.3) is 6.08 Å². The first-order chi connectivity index (χ1) is 14.4. The Morgan fingerprint density at radius 1 is 0.967 bits per heavy atom. The number of carbonyl (C=O) groups excluding carboxylic acids is 3. The number of hydrogen-bond donors (Lipinski definition) is 0. The number of esters is 1. The molecule has 0 aromatic heterocycles. The van der Waals surface area contributed by atoms with Crippen LogP contribution in [0.2, 0.25) is 5.02 Å². The molecule has 2 aromatic carbocycles. The zero-order valence-electron chi connectivity index (χ0n) is 16.7. The minimum Gasteiger partial charge on any atom is -0.427 e. The Morgan fingerprint density at radius 3 is 2.47 bits per heavy atom. The number of ether oxygens (including phenoxy) is 1. The number of amides is 2. The summed E-state index contributed by atoms with van der Waals surface area (Å²) in [7, 11) is 0. The van der Waals surface area contributed by atoms with Crippen molar-refractivity contribution in [3.05, 3.63) is 70.8 Å². The third kappa shape index (κ3) is 5.70. The maximum Gasteiger partial charge on any atom is 0.308 e. The molecule has 0 unspecified atom stereocenters. The Balaban J connectivity index is 1.62. The molecule has 1 aliphatic rings. The fourth-order valence-corrected chi connectivity index (χ4v) is 3.46. The molecule has 0 spiro atoms. The molecule has 1 heterocycles. The minimum absolute atomic E-state index is 0.110. The van der Waals surface area contributed by atoms with E-state index in [-0.39, 0.29) is 11.8 Å². The molecule has 0 N–H and O–H groups in total. The van der Waals surface area contributed by atoms with E-state index in [9.17, 15) is 14.4 Å². The minimum atomic E-state index is -0.437. The van der Waals surface area contributed by atoms with Crippen LogP contribution >= 0.6 is 11.6 Å². The van der Waals surface area contributed by atoms with Crippen LogP contribution < -0.4 is 4.74 Å². The molecule has 30 heavy (non-hydrogen) atoms. The zero-order valence-corrected chi connectivity index (χ0v) is 17.5. The summed E-state index contributed by atoms with van der Waals surface area (Å²) in [6.07, 6.45) is 3.90. The highest BCUT2D eigenvalue weighted by molar-refractivity contribution is 6.32. The molecule has 0 atom stereocenters. The number of benzene rings is 2. The second-order valence-corrected chi connectivity index (χ2v) is 7.35. The Labute approximate surface area is 180 Å². The highest BCUT2D eigenvalue weighted by Crippen LogP contribution is 2.18. The van der Waals surface area contributed by atoms with Crippen LogP contribution in [-0.4, -0.2) is 53.8 Å². The predicted octanol–water partition coefficient (Wildman–Crippen LogP) is 3.65. The van der Waals surface area contributed by atoms with Gasteiger partial charge in [0.25, 0.3) is 5.91 Å². The molecule has 2 aromatic rings. The fraction of sp³-hybridized carbons (Fsp3) is 0.261. The normalized spacial score (nSPS) is 14.5. The van der Waals surface area contributed by atoms with Crippen LogP contribution in [0.5, 0.6) is 5.75 Å². The summed E-state index contributed by atoms with van der Waals surface area (Å²) in [5.41, 5.74) is 1.24. The van der Waals surface area contributed by atoms with E-state index in [1.54, 1.807) is 46.2 Å². The van der Waals surface area contributed by atoms with Crippen molar-refractivity contribution >= 4 is 35.5 Å². The molecule has 0 aliphatic carbocycles. The van der Waals surface area contributed by atoms with Gasteiger partial charge in [-0.2, -0.15) is 0 Å². The Bertz CT molecular complexity index is 973. The van der Waals surface area contributed by atoms with Gasteiger partial charge in [0, 0.05) is 49.8 Å². The van der Waals surface area contributed by atoms with Crippen LogP contribution in [0.1, 0.15) is 29.3 Å². The quantitative estimate of drug-likeness (QED) is 0.425. The van der Waals surface area contributed by atoms with Gasteiger partial charge in [-0.1, -0.05) is 35.9 Å². The number of hydrogen-bond acceptors (Lipinski definition) is 4. The van der Waals surface area contributed by atoms with Gasteiger partial charge < -0.3 is 14.5 Å². The molecular formula is C23H23ClN2O4. The average Bonchev–Trinajstić information content (AvgIpc) is 2.98. The highest BCUT2D eigenvalue weighted by atomic mass is 35.5. The van der Waals surface area contributed by atoms with Crippen molar-refractivity contribution in [2.45, 2.75) is 13.3 Å². The Kier molecular flexibility index (Phi) is 7.25. The molecule has 156 valence electrons. The van der Waals surface area contributed by atoms with E-state index in [1.165, 1.54) is 13.0 Å². The van der Waals surface area contributed by atoms with Gasteiger partial charge >= 0.3 is 5.97 Å². The van der Waals surface area contributed by atoms with E-state index in [4.69, 9.17) is 16.3 Å². The van der Waals surface area contributed by atoms with Crippen molar-refractivity contribution in [2.75, 3.05) is 26.2 Å². The molecule has 1 saturated heterocycles. The van der Waals surface area contributed by atoms with Crippen molar-refractivity contribution in [1.82, 2.24) is 9.80 Å². The first-order valence-corrected chi connectivity index (χ1v) is 10.1. The maximum atomic E-state index is 12.9. The van der Waals surface area contributed by atoms with E-state index in [0.717, 1.165) is 5.56 Å².